The van der Waals surface area contributed by atoms with Crippen LogP contribution in [0.1, 0.15) is 22.3 Å². The maximum Gasteiger partial charge on any atom is 0.253 e. The highest BCUT2D eigenvalue weighted by Gasteiger charge is 2.22. The van der Waals surface area contributed by atoms with Crippen LogP contribution in [-0.4, -0.2) is 42.9 Å². The molecule has 2 aromatic rings. The van der Waals surface area contributed by atoms with Crippen LogP contribution >= 0.6 is 0 Å². The van der Waals surface area contributed by atoms with Crippen molar-refractivity contribution in [2.45, 2.75) is 13.3 Å². The highest BCUT2D eigenvalue weighted by atomic mass is 16.2. The fourth-order valence-corrected chi connectivity index (χ4v) is 3.22. The number of benzene rings is 2. The minimum absolute atomic E-state index is 0.00525. The molecule has 27 heavy (non-hydrogen) atoms. The van der Waals surface area contributed by atoms with Crippen LogP contribution in [0.15, 0.2) is 48.5 Å². The summed E-state index contributed by atoms with van der Waals surface area (Å²) in [5.74, 6) is -0.363. The lowest BCUT2D eigenvalue weighted by Gasteiger charge is -2.36. The van der Waals surface area contributed by atoms with Crippen molar-refractivity contribution in [3.63, 3.8) is 0 Å². The molecular weight excluding hydrogens is 340 g/mol. The summed E-state index contributed by atoms with van der Waals surface area (Å²) in [7, 11) is 0. The van der Waals surface area contributed by atoms with Gasteiger partial charge in [-0.15, -0.1) is 0 Å². The zero-order chi connectivity index (χ0) is 19.2. The normalized spacial score (nSPS) is 13.8. The largest absolute Gasteiger partial charge is 0.368 e. The fraction of sp³-hybridized carbons (Fsp3) is 0.286. The van der Waals surface area contributed by atoms with Crippen LogP contribution in [0.3, 0.4) is 0 Å². The number of aryl methyl sites for hydroxylation is 1. The van der Waals surface area contributed by atoms with E-state index in [9.17, 15) is 9.59 Å². The average Bonchev–Trinajstić information content (AvgIpc) is 2.69. The first-order valence-electron chi connectivity index (χ1n) is 8.95. The second-order valence-corrected chi connectivity index (χ2v) is 6.53. The zero-order valence-corrected chi connectivity index (χ0v) is 15.3. The van der Waals surface area contributed by atoms with E-state index in [-0.39, 0.29) is 18.2 Å². The van der Waals surface area contributed by atoms with E-state index in [1.54, 1.807) is 30.3 Å². The summed E-state index contributed by atoms with van der Waals surface area (Å²) in [5.41, 5.74) is 3.64. The van der Waals surface area contributed by atoms with Crippen LogP contribution in [0, 0.1) is 18.3 Å². The average molecular weight is 362 g/mol. The van der Waals surface area contributed by atoms with E-state index in [2.05, 4.69) is 29.3 Å². The number of carbonyl (C=O) groups excluding carboxylic acids is 2. The van der Waals surface area contributed by atoms with Crippen LogP contribution in [0.4, 0.5) is 11.4 Å². The number of hydrogen-bond donors (Lipinski definition) is 1. The lowest BCUT2D eigenvalue weighted by Crippen LogP contribution is -2.49. The number of nitriles is 1. The molecule has 2 amide bonds. The summed E-state index contributed by atoms with van der Waals surface area (Å²) in [4.78, 5) is 28.3. The van der Waals surface area contributed by atoms with Gasteiger partial charge in [0, 0.05) is 43.1 Å². The van der Waals surface area contributed by atoms with Gasteiger partial charge in [-0.1, -0.05) is 18.2 Å². The van der Waals surface area contributed by atoms with Crippen LogP contribution in [0.25, 0.3) is 0 Å². The number of rotatable bonds is 4. The summed E-state index contributed by atoms with van der Waals surface area (Å²) in [6.45, 7) is 5.06. The van der Waals surface area contributed by atoms with E-state index < -0.39 is 0 Å². The van der Waals surface area contributed by atoms with Gasteiger partial charge in [-0.25, -0.2) is 0 Å². The SMILES string of the molecule is Cc1ccccc1N1CCN(C(=O)c2ccc(NC(=O)CC#N)cc2)CC1. The molecule has 1 fully saturated rings. The maximum absolute atomic E-state index is 12.7. The summed E-state index contributed by atoms with van der Waals surface area (Å²) in [6, 6.07) is 16.9. The van der Waals surface area contributed by atoms with Crippen LogP contribution in [-0.2, 0) is 4.79 Å². The van der Waals surface area contributed by atoms with E-state index in [4.69, 9.17) is 5.26 Å². The molecule has 0 bridgehead atoms. The van der Waals surface area contributed by atoms with Gasteiger partial charge in [0.2, 0.25) is 5.91 Å². The summed E-state index contributed by atoms with van der Waals surface area (Å²) < 4.78 is 0. The van der Waals surface area contributed by atoms with Crippen molar-refractivity contribution in [1.29, 1.82) is 5.26 Å². The van der Waals surface area contributed by atoms with Crippen molar-refractivity contribution in [2.75, 3.05) is 36.4 Å². The zero-order valence-electron chi connectivity index (χ0n) is 15.3. The third-order valence-corrected chi connectivity index (χ3v) is 4.68. The highest BCUT2D eigenvalue weighted by Crippen LogP contribution is 2.21. The summed E-state index contributed by atoms with van der Waals surface area (Å²) in [5, 5.41) is 11.1. The fourth-order valence-electron chi connectivity index (χ4n) is 3.22. The van der Waals surface area contributed by atoms with Crippen molar-refractivity contribution in [2.24, 2.45) is 0 Å². The van der Waals surface area contributed by atoms with Gasteiger partial charge in [-0.2, -0.15) is 5.26 Å². The Morgan fingerprint density at radius 1 is 1.04 bits per heavy atom. The topological polar surface area (TPSA) is 76.4 Å². The van der Waals surface area contributed by atoms with Crippen molar-refractivity contribution in [3.05, 3.63) is 59.7 Å². The molecule has 1 heterocycles. The van der Waals surface area contributed by atoms with Crippen LogP contribution in [0.5, 0.6) is 0 Å². The van der Waals surface area contributed by atoms with Gasteiger partial charge < -0.3 is 15.1 Å². The van der Waals surface area contributed by atoms with Gasteiger partial charge >= 0.3 is 0 Å². The van der Waals surface area contributed by atoms with Gasteiger partial charge in [0.05, 0.1) is 6.07 Å². The number of carbonyl (C=O) groups is 2. The predicted octanol–water partition coefficient (Wildman–Crippen LogP) is 2.81. The molecule has 2 aromatic carbocycles. The Balaban J connectivity index is 1.58. The minimum atomic E-state index is -0.357. The Labute approximate surface area is 159 Å². The maximum atomic E-state index is 12.7. The van der Waals surface area contributed by atoms with Gasteiger partial charge in [0.25, 0.3) is 5.91 Å². The summed E-state index contributed by atoms with van der Waals surface area (Å²) >= 11 is 0. The predicted molar refractivity (Wildman–Crippen MR) is 105 cm³/mol. The van der Waals surface area contributed by atoms with Crippen LogP contribution < -0.4 is 10.2 Å². The van der Waals surface area contributed by atoms with Crippen LogP contribution in [0.2, 0.25) is 0 Å². The molecule has 1 aliphatic heterocycles. The summed E-state index contributed by atoms with van der Waals surface area (Å²) in [6.07, 6.45) is -0.189. The lowest BCUT2D eigenvalue weighted by molar-refractivity contribution is -0.115. The molecule has 0 radical (unpaired) electrons. The van der Waals surface area contributed by atoms with Crippen molar-refractivity contribution in [3.8, 4) is 6.07 Å². The van der Waals surface area contributed by atoms with Gasteiger partial charge in [-0.05, 0) is 42.8 Å². The Morgan fingerprint density at radius 2 is 1.70 bits per heavy atom. The molecule has 138 valence electrons. The number of hydrogen-bond acceptors (Lipinski definition) is 4. The van der Waals surface area contributed by atoms with Crippen molar-refractivity contribution in [1.82, 2.24) is 4.90 Å². The first-order chi connectivity index (χ1) is 13.1. The Morgan fingerprint density at radius 3 is 2.33 bits per heavy atom. The molecule has 1 aliphatic rings. The Bertz CT molecular complexity index is 862. The molecule has 0 aromatic heterocycles. The molecule has 0 unspecified atom stereocenters. The van der Waals surface area contributed by atoms with Gasteiger partial charge in [0.15, 0.2) is 0 Å². The number of nitrogens with zero attached hydrogens (tertiary/aromatic N) is 3. The highest BCUT2D eigenvalue weighted by molar-refractivity contribution is 5.96. The number of piperazine rings is 1. The number of para-hydroxylation sites is 1. The molecule has 6 nitrogen and oxygen atoms in total. The monoisotopic (exact) mass is 362 g/mol. The van der Waals surface area contributed by atoms with Crippen molar-refractivity contribution >= 4 is 23.2 Å². The first-order valence-corrected chi connectivity index (χ1v) is 8.95. The molecule has 6 heteroatoms. The first kappa shape index (κ1) is 18.5. The van der Waals surface area contributed by atoms with E-state index in [1.807, 2.05) is 17.0 Å². The van der Waals surface area contributed by atoms with E-state index in [1.165, 1.54) is 11.3 Å². The smallest absolute Gasteiger partial charge is 0.253 e. The molecule has 0 saturated carbocycles. The third-order valence-electron chi connectivity index (χ3n) is 4.68. The number of anilines is 2. The quantitative estimate of drug-likeness (QED) is 0.907. The Kier molecular flexibility index (Phi) is 5.72. The molecule has 0 aliphatic carbocycles. The van der Waals surface area contributed by atoms with Gasteiger partial charge in [0.1, 0.15) is 6.42 Å². The number of amides is 2. The molecule has 0 atom stereocenters. The van der Waals surface area contributed by atoms with E-state index >= 15 is 0 Å². The number of nitrogens with one attached hydrogen (secondary N) is 1. The molecule has 3 rings (SSSR count). The second-order valence-electron chi connectivity index (χ2n) is 6.53. The Hall–Kier alpha value is -3.33. The van der Waals surface area contributed by atoms with E-state index in [0.29, 0.717) is 24.3 Å². The lowest BCUT2D eigenvalue weighted by atomic mass is 10.1. The van der Waals surface area contributed by atoms with Crippen molar-refractivity contribution < 1.29 is 9.59 Å². The molecule has 1 N–H and O–H groups in total. The molecule has 0 spiro atoms. The second kappa shape index (κ2) is 8.37. The van der Waals surface area contributed by atoms with Gasteiger partial charge in [-0.3, -0.25) is 9.59 Å². The molecular formula is C21H22N4O2. The molecule has 1 saturated heterocycles. The van der Waals surface area contributed by atoms with E-state index in [0.717, 1.165) is 13.1 Å². The minimum Gasteiger partial charge on any atom is -0.368 e. The third kappa shape index (κ3) is 4.45. The standard InChI is InChI=1S/C21H22N4O2/c1-16-4-2-3-5-19(16)24-12-14-25(15-13-24)21(27)17-6-8-18(9-7-17)23-20(26)10-11-22/h2-9H,10,12-15H2,1H3,(H,23,26).